The molecule has 1 aliphatic heterocycles. The fraction of sp³-hybridized carbons (Fsp3) is 0.568. The molecule has 1 N–H and O–H groups in total. The number of nitrogens with one attached hydrogen (secondary N) is 1. The van der Waals surface area contributed by atoms with Crippen LogP contribution >= 0.6 is 0 Å². The van der Waals surface area contributed by atoms with Gasteiger partial charge in [-0.15, -0.1) is 4.40 Å². The van der Waals surface area contributed by atoms with Crippen LogP contribution in [0.4, 0.5) is 9.18 Å². The molecule has 2 atom stereocenters. The molecule has 0 bridgehead atoms. The molecule has 0 aliphatic carbocycles. The van der Waals surface area contributed by atoms with Crippen molar-refractivity contribution in [3.63, 3.8) is 0 Å². The Labute approximate surface area is 289 Å². The summed E-state index contributed by atoms with van der Waals surface area (Å²) in [5.74, 6) is 5.21. The quantitative estimate of drug-likeness (QED) is 0.197. The molecule has 3 rings (SSSR count). The predicted octanol–water partition coefficient (Wildman–Crippen LogP) is 8.37. The van der Waals surface area contributed by atoms with Crippen LogP contribution in [0.15, 0.2) is 52.9 Å². The van der Waals surface area contributed by atoms with Gasteiger partial charge in [-0.25, -0.2) is 17.6 Å². The molecule has 0 spiro atoms. The van der Waals surface area contributed by atoms with E-state index in [1.165, 1.54) is 6.07 Å². The van der Waals surface area contributed by atoms with E-state index >= 15 is 0 Å². The predicted molar refractivity (Wildman–Crippen MR) is 195 cm³/mol. The van der Waals surface area contributed by atoms with Gasteiger partial charge in [0.15, 0.2) is 8.32 Å². The molecule has 0 saturated heterocycles. The van der Waals surface area contributed by atoms with E-state index in [2.05, 4.69) is 55.4 Å². The SMILES string of the molecule is C.CC(C)(C)OC(=O)NCC#Cc1ccc(CC2C(C)(C)OC(C[C@@H](CCO[Si](C)(C)C(C)(C)C)c3ccccc3F)=NS2(=O)=O)cc1. The molecular weight excluding hydrogens is 648 g/mol. The maximum atomic E-state index is 15.0. The molecule has 11 heteroatoms. The van der Waals surface area contributed by atoms with Crippen molar-refractivity contribution in [2.45, 2.75) is 123 Å². The highest BCUT2D eigenvalue weighted by Gasteiger charge is 2.46. The Morgan fingerprint density at radius 3 is 2.27 bits per heavy atom. The van der Waals surface area contributed by atoms with Crippen LogP contribution in [0.5, 0.6) is 0 Å². The van der Waals surface area contributed by atoms with Gasteiger partial charge < -0.3 is 19.2 Å². The number of sulfonamides is 1. The summed E-state index contributed by atoms with van der Waals surface area (Å²) in [7, 11) is -6.00. The molecule has 266 valence electrons. The van der Waals surface area contributed by atoms with E-state index in [1.807, 2.05) is 12.1 Å². The summed E-state index contributed by atoms with van der Waals surface area (Å²) in [6, 6.07) is 13.8. The van der Waals surface area contributed by atoms with Gasteiger partial charge in [0.25, 0.3) is 10.0 Å². The van der Waals surface area contributed by atoms with Gasteiger partial charge in [-0.2, -0.15) is 0 Å². The summed E-state index contributed by atoms with van der Waals surface area (Å²) in [6.07, 6.45) is 0.279. The van der Waals surface area contributed by atoms with Gasteiger partial charge in [-0.1, -0.05) is 70.4 Å². The van der Waals surface area contributed by atoms with E-state index in [4.69, 9.17) is 13.9 Å². The van der Waals surface area contributed by atoms with Gasteiger partial charge in [0.2, 0.25) is 5.90 Å². The Balaban J connectivity index is 0.00000800. The van der Waals surface area contributed by atoms with Crippen LogP contribution in [-0.4, -0.2) is 58.3 Å². The first-order valence-electron chi connectivity index (χ1n) is 16.0. The Kier molecular flexibility index (Phi) is 13.7. The summed E-state index contributed by atoms with van der Waals surface area (Å²) in [4.78, 5) is 11.8. The first kappa shape index (κ1) is 41.0. The largest absolute Gasteiger partial charge is 0.473 e. The number of benzene rings is 2. The molecule has 1 heterocycles. The van der Waals surface area contributed by atoms with Crippen molar-refractivity contribution < 1.29 is 31.5 Å². The zero-order valence-electron chi connectivity index (χ0n) is 29.5. The lowest BCUT2D eigenvalue weighted by Crippen LogP contribution is -2.50. The molecule has 0 fully saturated rings. The topological polar surface area (TPSA) is 103 Å². The third kappa shape index (κ3) is 11.7. The average Bonchev–Trinajstić information content (AvgIpc) is 2.91. The molecule has 0 aromatic heterocycles. The van der Waals surface area contributed by atoms with Crippen molar-refractivity contribution in [3.05, 3.63) is 71.0 Å². The Morgan fingerprint density at radius 1 is 1.08 bits per heavy atom. The van der Waals surface area contributed by atoms with Gasteiger partial charge in [0.1, 0.15) is 22.3 Å². The van der Waals surface area contributed by atoms with Crippen LogP contribution in [-0.2, 0) is 30.3 Å². The third-order valence-corrected chi connectivity index (χ3v) is 15.0. The van der Waals surface area contributed by atoms with E-state index in [1.54, 1.807) is 65.0 Å². The van der Waals surface area contributed by atoms with Gasteiger partial charge in [0.05, 0.1) is 6.54 Å². The molecule has 8 nitrogen and oxygen atoms in total. The number of ether oxygens (including phenoxy) is 2. The fourth-order valence-electron chi connectivity index (χ4n) is 4.95. The second kappa shape index (κ2) is 16.0. The number of hydrogen-bond donors (Lipinski definition) is 1. The van der Waals surface area contributed by atoms with Crippen LogP contribution in [0, 0.1) is 17.7 Å². The Bertz CT molecular complexity index is 1600. The Hall–Kier alpha value is -3.20. The fourth-order valence-corrected chi connectivity index (χ4v) is 7.71. The highest BCUT2D eigenvalue weighted by Crippen LogP contribution is 2.38. The van der Waals surface area contributed by atoms with Crippen molar-refractivity contribution in [1.82, 2.24) is 5.32 Å². The van der Waals surface area contributed by atoms with E-state index in [0.717, 1.165) is 11.1 Å². The number of carbonyl (C=O) groups excluding carboxylic acids is 1. The average molecular weight is 703 g/mol. The number of alkyl carbamates (subject to hydrolysis) is 1. The smallest absolute Gasteiger partial charge is 0.408 e. The summed E-state index contributed by atoms with van der Waals surface area (Å²) in [5.41, 5.74) is 0.324. The molecule has 2 aromatic rings. The standard InChI is InChI=1S/C36H51FN2O6SSi.CH4/c1-34(2,3)45-33(40)38-22-13-14-26-17-19-27(20-18-26)24-31-36(7,8)44-32(39-46(31,41)42)25-28(29-15-11-12-16-30(29)37)21-23-43-47(9,10)35(4,5)6;/h11-12,15-20,28,31H,21-25H2,1-10H3,(H,38,40);1H4/t28-,31?;/m1./s1. The minimum atomic E-state index is -3.96. The minimum Gasteiger partial charge on any atom is -0.473 e. The molecule has 0 saturated carbocycles. The van der Waals surface area contributed by atoms with Crippen molar-refractivity contribution in [1.29, 1.82) is 0 Å². The van der Waals surface area contributed by atoms with Gasteiger partial charge in [-0.05, 0) is 101 Å². The number of amides is 1. The summed E-state index contributed by atoms with van der Waals surface area (Å²) in [5, 5.41) is 1.69. The zero-order chi connectivity index (χ0) is 35.3. The van der Waals surface area contributed by atoms with E-state index in [0.29, 0.717) is 18.6 Å². The first-order valence-corrected chi connectivity index (χ1v) is 20.5. The highest BCUT2D eigenvalue weighted by atomic mass is 32.2. The van der Waals surface area contributed by atoms with Crippen molar-refractivity contribution in [3.8, 4) is 11.8 Å². The monoisotopic (exact) mass is 702 g/mol. The lowest BCUT2D eigenvalue weighted by molar-refractivity contribution is 0.0534. The Morgan fingerprint density at radius 2 is 1.71 bits per heavy atom. The normalized spacial score (nSPS) is 17.8. The van der Waals surface area contributed by atoms with Crippen molar-refractivity contribution in [2.24, 2.45) is 4.40 Å². The summed E-state index contributed by atoms with van der Waals surface area (Å²) in [6.45, 7) is 20.2. The van der Waals surface area contributed by atoms with Crippen molar-refractivity contribution in [2.75, 3.05) is 13.2 Å². The van der Waals surface area contributed by atoms with Crippen LogP contribution in [0.25, 0.3) is 0 Å². The lowest BCUT2D eigenvalue weighted by atomic mass is 9.91. The number of rotatable bonds is 10. The van der Waals surface area contributed by atoms with Crippen LogP contribution in [0.1, 0.15) is 98.3 Å². The molecule has 48 heavy (non-hydrogen) atoms. The maximum absolute atomic E-state index is 15.0. The summed E-state index contributed by atoms with van der Waals surface area (Å²) >= 11 is 0. The van der Waals surface area contributed by atoms with Gasteiger partial charge in [-0.3, -0.25) is 0 Å². The number of carbonyl (C=O) groups is 1. The van der Waals surface area contributed by atoms with Crippen LogP contribution in [0.2, 0.25) is 18.1 Å². The molecule has 0 radical (unpaired) electrons. The van der Waals surface area contributed by atoms with Crippen LogP contribution in [0.3, 0.4) is 0 Å². The molecular formula is C37H55FN2O6SSi. The first-order chi connectivity index (χ1) is 21.6. The maximum Gasteiger partial charge on any atom is 0.408 e. The van der Waals surface area contributed by atoms with Crippen molar-refractivity contribution >= 4 is 30.3 Å². The van der Waals surface area contributed by atoms with Crippen LogP contribution < -0.4 is 5.32 Å². The molecule has 1 aliphatic rings. The second-order valence-electron chi connectivity index (χ2n) is 15.1. The highest BCUT2D eigenvalue weighted by molar-refractivity contribution is 7.91. The van der Waals surface area contributed by atoms with Gasteiger partial charge in [0, 0.05) is 18.6 Å². The zero-order valence-corrected chi connectivity index (χ0v) is 31.3. The third-order valence-electron chi connectivity index (χ3n) is 8.57. The minimum absolute atomic E-state index is 0. The number of nitrogens with zero attached hydrogens (tertiary/aromatic N) is 1. The van der Waals surface area contributed by atoms with E-state index < -0.39 is 40.9 Å². The molecule has 1 unspecified atom stereocenters. The van der Waals surface area contributed by atoms with Gasteiger partial charge >= 0.3 is 6.09 Å². The van der Waals surface area contributed by atoms with E-state index in [-0.39, 0.29) is 49.5 Å². The molecule has 1 amide bonds. The van der Waals surface area contributed by atoms with E-state index in [9.17, 15) is 17.6 Å². The second-order valence-corrected chi connectivity index (χ2v) is 21.7. The number of hydrogen-bond acceptors (Lipinski definition) is 6. The summed E-state index contributed by atoms with van der Waals surface area (Å²) < 4.78 is 64.2. The lowest BCUT2D eigenvalue weighted by Gasteiger charge is -2.38. The molecule has 2 aromatic carbocycles. The number of halogens is 1.